The lowest BCUT2D eigenvalue weighted by molar-refractivity contribution is 0.395. The molecule has 1 aromatic heterocycles. The van der Waals surface area contributed by atoms with E-state index in [2.05, 4.69) is 0 Å². The van der Waals surface area contributed by atoms with Crippen molar-refractivity contribution in [3.63, 3.8) is 0 Å². The molecule has 0 aliphatic rings. The molecule has 0 aliphatic carbocycles. The first kappa shape index (κ1) is 22.8. The Bertz CT molecular complexity index is 1280. The van der Waals surface area contributed by atoms with Gasteiger partial charge in [0.25, 0.3) is 0 Å². The lowest BCUT2D eigenvalue weighted by atomic mass is 10.1. The van der Waals surface area contributed by atoms with Crippen molar-refractivity contribution in [2.45, 2.75) is 0 Å². The van der Waals surface area contributed by atoms with E-state index in [1.165, 1.54) is 0 Å². The fraction of sp³-hybridized carbons (Fsp3) is 0.160. The molecule has 0 unspecified atom stereocenters. The Balaban J connectivity index is 1.97. The second-order valence-corrected chi connectivity index (χ2v) is 7.96. The summed E-state index contributed by atoms with van der Waals surface area (Å²) >= 11 is 12.6. The zero-order valence-electron chi connectivity index (χ0n) is 18.6. The highest BCUT2D eigenvalue weighted by Crippen LogP contribution is 2.39. The molecule has 4 rings (SSSR count). The predicted octanol–water partition coefficient (Wildman–Crippen LogP) is 6.55. The molecule has 0 saturated carbocycles. The van der Waals surface area contributed by atoms with Crippen LogP contribution in [0.25, 0.3) is 28.2 Å². The molecule has 170 valence electrons. The van der Waals surface area contributed by atoms with Crippen LogP contribution in [0.2, 0.25) is 10.0 Å². The maximum absolute atomic E-state index is 6.30. The summed E-state index contributed by atoms with van der Waals surface area (Å²) in [6, 6.07) is 18.4. The molecule has 0 saturated heterocycles. The largest absolute Gasteiger partial charge is 0.497 e. The number of nitrogens with zero attached hydrogens (tertiary/aromatic N) is 2. The van der Waals surface area contributed by atoms with Crippen molar-refractivity contribution < 1.29 is 18.9 Å². The van der Waals surface area contributed by atoms with Crippen LogP contribution in [0.3, 0.4) is 0 Å². The average Bonchev–Trinajstić information content (AvgIpc) is 3.27. The van der Waals surface area contributed by atoms with E-state index in [1.807, 2.05) is 42.5 Å². The molecule has 0 radical (unpaired) electrons. The van der Waals surface area contributed by atoms with Crippen molar-refractivity contribution in [1.82, 2.24) is 9.78 Å². The van der Waals surface area contributed by atoms with Gasteiger partial charge in [-0.25, -0.2) is 4.68 Å². The van der Waals surface area contributed by atoms with Gasteiger partial charge in [-0.1, -0.05) is 23.2 Å². The molecule has 6 nitrogen and oxygen atoms in total. The van der Waals surface area contributed by atoms with E-state index in [4.69, 9.17) is 47.2 Å². The van der Waals surface area contributed by atoms with Gasteiger partial charge in [0.2, 0.25) is 0 Å². The number of rotatable bonds is 7. The van der Waals surface area contributed by atoms with Crippen molar-refractivity contribution in [2.24, 2.45) is 0 Å². The molecule has 0 amide bonds. The summed E-state index contributed by atoms with van der Waals surface area (Å²) in [6.45, 7) is 0. The van der Waals surface area contributed by atoms with Crippen LogP contribution in [0.5, 0.6) is 23.0 Å². The van der Waals surface area contributed by atoms with Crippen molar-refractivity contribution in [2.75, 3.05) is 28.4 Å². The van der Waals surface area contributed by atoms with Gasteiger partial charge in [-0.05, 0) is 48.5 Å². The minimum absolute atomic E-state index is 0.504. The van der Waals surface area contributed by atoms with E-state index in [-0.39, 0.29) is 0 Å². The Morgan fingerprint density at radius 3 is 1.73 bits per heavy atom. The number of methoxy groups -OCH3 is 4. The summed E-state index contributed by atoms with van der Waals surface area (Å²) in [4.78, 5) is 0. The molecule has 8 heteroatoms. The minimum atomic E-state index is 0.504. The summed E-state index contributed by atoms with van der Waals surface area (Å²) in [5.74, 6) is 2.64. The lowest BCUT2D eigenvalue weighted by Crippen LogP contribution is -2.01. The minimum Gasteiger partial charge on any atom is -0.497 e. The third-order valence-corrected chi connectivity index (χ3v) is 5.61. The van der Waals surface area contributed by atoms with Crippen LogP contribution < -0.4 is 18.9 Å². The smallest absolute Gasteiger partial charge is 0.132 e. The maximum atomic E-state index is 6.30. The fourth-order valence-electron chi connectivity index (χ4n) is 3.58. The molecule has 0 atom stereocenters. The predicted molar refractivity (Wildman–Crippen MR) is 131 cm³/mol. The summed E-state index contributed by atoms with van der Waals surface area (Å²) in [5, 5.41) is 5.89. The molecule has 0 fully saturated rings. The lowest BCUT2D eigenvalue weighted by Gasteiger charge is -2.13. The molecule has 0 N–H and O–H groups in total. The number of ether oxygens (including phenoxy) is 4. The van der Waals surface area contributed by atoms with Crippen molar-refractivity contribution in [3.8, 4) is 51.2 Å². The topological polar surface area (TPSA) is 54.7 Å². The zero-order valence-corrected chi connectivity index (χ0v) is 20.1. The Labute approximate surface area is 202 Å². The summed E-state index contributed by atoms with van der Waals surface area (Å²) < 4.78 is 23.7. The van der Waals surface area contributed by atoms with Crippen molar-refractivity contribution in [3.05, 3.63) is 70.7 Å². The molecule has 1 heterocycles. The van der Waals surface area contributed by atoms with Crippen molar-refractivity contribution >= 4 is 23.2 Å². The van der Waals surface area contributed by atoms with Crippen LogP contribution >= 0.6 is 23.2 Å². The summed E-state index contributed by atoms with van der Waals surface area (Å²) in [6.07, 6.45) is 0. The normalized spacial score (nSPS) is 10.7. The number of hydrogen-bond acceptors (Lipinski definition) is 5. The number of benzene rings is 3. The van der Waals surface area contributed by atoms with Crippen LogP contribution in [-0.2, 0) is 0 Å². The monoisotopic (exact) mass is 484 g/mol. The highest BCUT2D eigenvalue weighted by Gasteiger charge is 2.20. The first-order chi connectivity index (χ1) is 16.0. The van der Waals surface area contributed by atoms with E-state index in [0.29, 0.717) is 44.4 Å². The van der Waals surface area contributed by atoms with Crippen LogP contribution in [0.1, 0.15) is 0 Å². The highest BCUT2D eigenvalue weighted by molar-refractivity contribution is 6.34. The van der Waals surface area contributed by atoms with E-state index in [9.17, 15) is 0 Å². The van der Waals surface area contributed by atoms with Gasteiger partial charge in [0.05, 0.1) is 45.5 Å². The Morgan fingerprint density at radius 2 is 1.18 bits per heavy atom. The van der Waals surface area contributed by atoms with E-state index < -0.39 is 0 Å². The molecule has 0 bridgehead atoms. The van der Waals surface area contributed by atoms with Crippen LogP contribution in [-0.4, -0.2) is 38.2 Å². The van der Waals surface area contributed by atoms with Crippen LogP contribution in [0.4, 0.5) is 0 Å². The van der Waals surface area contributed by atoms with Gasteiger partial charge in [-0.3, -0.25) is 0 Å². The summed E-state index contributed by atoms with van der Waals surface area (Å²) in [7, 11) is 6.45. The number of aromatic nitrogens is 2. The van der Waals surface area contributed by atoms with Crippen molar-refractivity contribution in [1.29, 1.82) is 0 Å². The van der Waals surface area contributed by atoms with Gasteiger partial charge in [-0.15, -0.1) is 0 Å². The average molecular weight is 485 g/mol. The quantitative estimate of drug-likeness (QED) is 0.297. The number of hydrogen-bond donors (Lipinski definition) is 0. The fourth-order valence-corrected chi connectivity index (χ4v) is 4.10. The van der Waals surface area contributed by atoms with Crippen LogP contribution in [0.15, 0.2) is 60.7 Å². The molecule has 3 aromatic carbocycles. The zero-order chi connectivity index (χ0) is 23.5. The SMILES string of the molecule is COc1ccc(-c2cc(-c3ccc(OC)cc3OC)n(-c3cc(Cl)cc(Cl)c3)n2)c(OC)c1. The van der Waals surface area contributed by atoms with Gasteiger partial charge in [0.1, 0.15) is 23.0 Å². The van der Waals surface area contributed by atoms with Gasteiger partial charge >= 0.3 is 0 Å². The standard InChI is InChI=1S/C25H22Cl2N2O4/c1-30-18-5-7-20(24(12-18)32-3)22-14-23(21-8-6-19(31-2)13-25(21)33-4)29(28-22)17-10-15(26)9-16(27)11-17/h5-14H,1-4H3. The molecule has 4 aromatic rings. The van der Waals surface area contributed by atoms with Crippen LogP contribution in [0, 0.1) is 0 Å². The second-order valence-electron chi connectivity index (χ2n) is 7.09. The van der Waals surface area contributed by atoms with Gasteiger partial charge in [-0.2, -0.15) is 5.10 Å². The molecule has 0 spiro atoms. The number of halogens is 2. The molecular formula is C25H22Cl2N2O4. The third-order valence-electron chi connectivity index (χ3n) is 5.17. The highest BCUT2D eigenvalue weighted by atomic mass is 35.5. The van der Waals surface area contributed by atoms with Gasteiger partial charge in [0.15, 0.2) is 0 Å². The molecule has 33 heavy (non-hydrogen) atoms. The molecule has 0 aliphatic heterocycles. The van der Waals surface area contributed by atoms with Gasteiger partial charge < -0.3 is 18.9 Å². The second kappa shape index (κ2) is 9.65. The van der Waals surface area contributed by atoms with E-state index >= 15 is 0 Å². The Kier molecular flexibility index (Phi) is 6.67. The maximum Gasteiger partial charge on any atom is 0.132 e. The Hall–Kier alpha value is -3.35. The third kappa shape index (κ3) is 4.58. The first-order valence-electron chi connectivity index (χ1n) is 9.98. The van der Waals surface area contributed by atoms with E-state index in [1.54, 1.807) is 51.3 Å². The Morgan fingerprint density at radius 1 is 0.636 bits per heavy atom. The summed E-state index contributed by atoms with van der Waals surface area (Å²) in [5.41, 5.74) is 3.80. The first-order valence-corrected chi connectivity index (χ1v) is 10.7. The van der Waals surface area contributed by atoms with E-state index in [0.717, 1.165) is 16.8 Å². The molecular weight excluding hydrogens is 463 g/mol. The van der Waals surface area contributed by atoms with Gasteiger partial charge in [0, 0.05) is 33.3 Å².